The highest BCUT2D eigenvalue weighted by molar-refractivity contribution is 5.82. The van der Waals surface area contributed by atoms with E-state index in [0.717, 1.165) is 5.56 Å². The molecule has 2 rings (SSSR count). The molecule has 0 heterocycles. The van der Waals surface area contributed by atoms with Gasteiger partial charge in [-0.05, 0) is 35.4 Å². The van der Waals surface area contributed by atoms with Crippen molar-refractivity contribution in [3.05, 3.63) is 65.2 Å². The van der Waals surface area contributed by atoms with Gasteiger partial charge in [0.05, 0.1) is 11.6 Å². The van der Waals surface area contributed by atoms with Gasteiger partial charge in [0.15, 0.2) is 6.10 Å². The van der Waals surface area contributed by atoms with Crippen LogP contribution in [0.15, 0.2) is 48.5 Å². The number of amides is 1. The molecular weight excluding hydrogens is 280 g/mol. The van der Waals surface area contributed by atoms with Crippen LogP contribution < -0.4 is 5.32 Å². The van der Waals surface area contributed by atoms with Crippen LogP contribution in [0.2, 0.25) is 0 Å². The van der Waals surface area contributed by atoms with E-state index in [9.17, 15) is 9.90 Å². The molecule has 112 valence electrons. The molecule has 0 aliphatic rings. The van der Waals surface area contributed by atoms with E-state index in [1.807, 2.05) is 6.07 Å². The Hall–Kier alpha value is -2.84. The lowest BCUT2D eigenvalue weighted by molar-refractivity contribution is -0.131. The van der Waals surface area contributed by atoms with Gasteiger partial charge >= 0.3 is 0 Å². The highest BCUT2D eigenvalue weighted by atomic mass is 16.5. The number of carbonyl (C=O) groups is 1. The number of aromatic hydroxyl groups is 1. The minimum atomic E-state index is -0.787. The highest BCUT2D eigenvalue weighted by Crippen LogP contribution is 2.21. The first-order chi connectivity index (χ1) is 10.6. The zero-order chi connectivity index (χ0) is 15.9. The molecule has 1 amide bonds. The summed E-state index contributed by atoms with van der Waals surface area (Å²) in [5.41, 5.74) is 2.04. The van der Waals surface area contributed by atoms with Gasteiger partial charge in [0, 0.05) is 13.7 Å². The molecule has 0 aromatic heterocycles. The van der Waals surface area contributed by atoms with Gasteiger partial charge in [0.25, 0.3) is 5.91 Å². The van der Waals surface area contributed by atoms with E-state index >= 15 is 0 Å². The topological polar surface area (TPSA) is 82.3 Å². The fraction of sp³-hybridized carbons (Fsp3) is 0.176. The third-order valence-corrected chi connectivity index (χ3v) is 3.20. The zero-order valence-electron chi connectivity index (χ0n) is 12.1. The number of hydrogen-bond acceptors (Lipinski definition) is 4. The highest BCUT2D eigenvalue weighted by Gasteiger charge is 2.20. The number of rotatable bonds is 5. The maximum Gasteiger partial charge on any atom is 0.254 e. The maximum atomic E-state index is 12.2. The summed E-state index contributed by atoms with van der Waals surface area (Å²) in [6, 6.07) is 15.4. The van der Waals surface area contributed by atoms with Crippen molar-refractivity contribution in [2.24, 2.45) is 0 Å². The van der Waals surface area contributed by atoms with Crippen LogP contribution in [0.4, 0.5) is 0 Å². The molecule has 0 aliphatic heterocycles. The Bertz CT molecular complexity index is 690. The molecule has 22 heavy (non-hydrogen) atoms. The molecule has 0 saturated carbocycles. The van der Waals surface area contributed by atoms with Gasteiger partial charge in [-0.3, -0.25) is 4.79 Å². The van der Waals surface area contributed by atoms with Crippen LogP contribution in [0.5, 0.6) is 5.75 Å². The third kappa shape index (κ3) is 3.84. The van der Waals surface area contributed by atoms with Gasteiger partial charge in [0.1, 0.15) is 5.75 Å². The van der Waals surface area contributed by atoms with E-state index in [1.54, 1.807) is 36.4 Å². The van der Waals surface area contributed by atoms with E-state index in [0.29, 0.717) is 17.7 Å². The van der Waals surface area contributed by atoms with Crippen LogP contribution in [0, 0.1) is 11.3 Å². The Morgan fingerprint density at radius 3 is 2.64 bits per heavy atom. The molecule has 0 bridgehead atoms. The van der Waals surface area contributed by atoms with Crippen molar-refractivity contribution in [1.82, 2.24) is 5.32 Å². The maximum absolute atomic E-state index is 12.2. The molecule has 2 aromatic rings. The van der Waals surface area contributed by atoms with Crippen molar-refractivity contribution < 1.29 is 14.6 Å². The van der Waals surface area contributed by atoms with Crippen molar-refractivity contribution in [3.63, 3.8) is 0 Å². The van der Waals surface area contributed by atoms with Crippen molar-refractivity contribution >= 4 is 5.91 Å². The van der Waals surface area contributed by atoms with E-state index in [4.69, 9.17) is 10.00 Å². The fourth-order valence-corrected chi connectivity index (χ4v) is 2.06. The summed E-state index contributed by atoms with van der Waals surface area (Å²) < 4.78 is 5.21. The third-order valence-electron chi connectivity index (χ3n) is 3.20. The fourth-order valence-electron chi connectivity index (χ4n) is 2.06. The number of nitriles is 1. The summed E-state index contributed by atoms with van der Waals surface area (Å²) in [4.78, 5) is 12.2. The minimum Gasteiger partial charge on any atom is -0.508 e. The summed E-state index contributed by atoms with van der Waals surface area (Å²) >= 11 is 0. The number of hydrogen-bond donors (Lipinski definition) is 2. The molecule has 5 nitrogen and oxygen atoms in total. The first kappa shape index (κ1) is 15.5. The Morgan fingerprint density at radius 2 is 2.05 bits per heavy atom. The SMILES string of the molecule is CO[C@H](C(=O)NCc1ccc(C#N)cc1)c1cccc(O)c1. The van der Waals surface area contributed by atoms with Gasteiger partial charge in [0.2, 0.25) is 0 Å². The van der Waals surface area contributed by atoms with Crippen molar-refractivity contribution in [1.29, 1.82) is 5.26 Å². The number of methoxy groups -OCH3 is 1. The number of ether oxygens (including phenoxy) is 1. The normalized spacial score (nSPS) is 11.5. The Morgan fingerprint density at radius 1 is 1.32 bits per heavy atom. The predicted octanol–water partition coefficient (Wildman–Crippen LogP) is 2.27. The quantitative estimate of drug-likeness (QED) is 0.886. The largest absolute Gasteiger partial charge is 0.508 e. The number of nitrogens with zero attached hydrogens (tertiary/aromatic N) is 1. The zero-order valence-corrected chi connectivity index (χ0v) is 12.1. The lowest BCUT2D eigenvalue weighted by Gasteiger charge is -2.16. The van der Waals surface area contributed by atoms with Crippen LogP contribution in [0.25, 0.3) is 0 Å². The molecule has 1 atom stereocenters. The van der Waals surface area contributed by atoms with Crippen molar-refractivity contribution in [2.45, 2.75) is 12.6 Å². The van der Waals surface area contributed by atoms with Gasteiger partial charge in [-0.15, -0.1) is 0 Å². The van der Waals surface area contributed by atoms with Gasteiger partial charge in [-0.2, -0.15) is 5.26 Å². The summed E-state index contributed by atoms with van der Waals surface area (Å²) in [7, 11) is 1.44. The summed E-state index contributed by atoms with van der Waals surface area (Å²) in [6.45, 7) is 0.337. The second-order valence-corrected chi connectivity index (χ2v) is 4.74. The number of phenols is 1. The van der Waals surface area contributed by atoms with E-state index in [2.05, 4.69) is 5.32 Å². The standard InChI is InChI=1S/C17H16N2O3/c1-22-16(14-3-2-4-15(20)9-14)17(21)19-11-13-7-5-12(10-18)6-8-13/h2-9,16,20H,11H2,1H3,(H,19,21)/t16-/m0/s1. The van der Waals surface area contributed by atoms with Crippen molar-refractivity contribution in [3.8, 4) is 11.8 Å². The van der Waals surface area contributed by atoms with E-state index in [1.165, 1.54) is 19.2 Å². The lowest BCUT2D eigenvalue weighted by atomic mass is 10.1. The molecule has 0 unspecified atom stereocenters. The minimum absolute atomic E-state index is 0.0828. The van der Waals surface area contributed by atoms with Crippen LogP contribution in [0.3, 0.4) is 0 Å². The number of nitrogens with one attached hydrogen (secondary N) is 1. The molecule has 0 radical (unpaired) electrons. The van der Waals surface area contributed by atoms with Gasteiger partial charge < -0.3 is 15.2 Å². The van der Waals surface area contributed by atoms with Crippen LogP contribution in [-0.2, 0) is 16.1 Å². The smallest absolute Gasteiger partial charge is 0.254 e. The molecule has 0 spiro atoms. The van der Waals surface area contributed by atoms with E-state index < -0.39 is 6.10 Å². The summed E-state index contributed by atoms with van der Waals surface area (Å²) in [5.74, 6) is -0.211. The molecule has 2 aromatic carbocycles. The van der Waals surface area contributed by atoms with E-state index in [-0.39, 0.29) is 11.7 Å². The van der Waals surface area contributed by atoms with Crippen LogP contribution >= 0.6 is 0 Å². The summed E-state index contributed by atoms with van der Waals surface area (Å²) in [5, 5.41) is 21.0. The molecular formula is C17H16N2O3. The number of carbonyl (C=O) groups excluding carboxylic acids is 1. The second kappa shape index (κ2) is 7.25. The van der Waals surface area contributed by atoms with Crippen LogP contribution in [-0.4, -0.2) is 18.1 Å². The van der Waals surface area contributed by atoms with Crippen LogP contribution in [0.1, 0.15) is 22.8 Å². The Balaban J connectivity index is 2.02. The van der Waals surface area contributed by atoms with Gasteiger partial charge in [-0.1, -0.05) is 24.3 Å². The average Bonchev–Trinajstić information content (AvgIpc) is 2.54. The molecule has 0 aliphatic carbocycles. The average molecular weight is 296 g/mol. The first-order valence-electron chi connectivity index (χ1n) is 6.72. The lowest BCUT2D eigenvalue weighted by Crippen LogP contribution is -2.29. The Labute approximate surface area is 128 Å². The molecule has 2 N–H and O–H groups in total. The Kier molecular flexibility index (Phi) is 5.12. The molecule has 0 fully saturated rings. The molecule has 5 heteroatoms. The predicted molar refractivity (Wildman–Crippen MR) is 80.9 cm³/mol. The first-order valence-corrected chi connectivity index (χ1v) is 6.72. The molecule has 0 saturated heterocycles. The van der Waals surface area contributed by atoms with Gasteiger partial charge in [-0.25, -0.2) is 0 Å². The summed E-state index contributed by atoms with van der Waals surface area (Å²) in [6.07, 6.45) is -0.787. The number of benzene rings is 2. The monoisotopic (exact) mass is 296 g/mol. The number of phenolic OH excluding ortho intramolecular Hbond substituents is 1. The second-order valence-electron chi connectivity index (χ2n) is 4.74. The van der Waals surface area contributed by atoms with Crippen molar-refractivity contribution in [2.75, 3.05) is 7.11 Å².